The van der Waals surface area contributed by atoms with Gasteiger partial charge in [0, 0.05) is 11.1 Å². The highest BCUT2D eigenvalue weighted by atomic mass is 16.5. The molecule has 0 amide bonds. The Labute approximate surface area is 278 Å². The minimum absolute atomic E-state index is 0.0840. The maximum absolute atomic E-state index is 9.81. The van der Waals surface area contributed by atoms with Crippen LogP contribution in [0.1, 0.15) is 42.8 Å². The van der Waals surface area contributed by atoms with Gasteiger partial charge in [-0.25, -0.2) is 0 Å². The molecule has 0 saturated carbocycles. The van der Waals surface area contributed by atoms with Gasteiger partial charge in [0.25, 0.3) is 0 Å². The molecule has 0 fully saturated rings. The van der Waals surface area contributed by atoms with Crippen LogP contribution >= 0.6 is 0 Å². The minimum Gasteiger partial charge on any atom is -0.457 e. The molecule has 1 spiro atoms. The van der Waals surface area contributed by atoms with Gasteiger partial charge in [-0.15, -0.1) is 0 Å². The smallest absolute Gasteiger partial charge is 0.132 e. The van der Waals surface area contributed by atoms with Crippen LogP contribution < -0.4 is 4.74 Å². The first-order valence-electron chi connectivity index (χ1n) is 21.5. The van der Waals surface area contributed by atoms with E-state index in [1.54, 1.807) is 24.3 Å². The van der Waals surface area contributed by atoms with Crippen LogP contribution in [-0.2, 0) is 5.41 Å². The van der Waals surface area contributed by atoms with Crippen LogP contribution in [0.25, 0.3) is 44.5 Å². The Hall–Kier alpha value is -5.66. The zero-order chi connectivity index (χ0) is 42.1. The number of benzene rings is 7. The Morgan fingerprint density at radius 2 is 0.909 bits per heavy atom. The summed E-state index contributed by atoms with van der Waals surface area (Å²) in [5.74, 6) is -1.05. The summed E-state index contributed by atoms with van der Waals surface area (Å²) in [5, 5.41) is 0. The molecule has 7 aromatic carbocycles. The molecule has 0 saturated heterocycles. The predicted octanol–water partition coefficient (Wildman–Crippen LogP) is 11.2. The summed E-state index contributed by atoms with van der Waals surface area (Å²) in [6.45, 7) is 0. The van der Waals surface area contributed by atoms with Crippen molar-refractivity contribution >= 4 is 0 Å². The first kappa shape index (κ1) is 14.2. The first-order chi connectivity index (χ1) is 28.1. The van der Waals surface area contributed by atoms with Crippen molar-refractivity contribution in [2.75, 3.05) is 0 Å². The lowest BCUT2D eigenvalue weighted by molar-refractivity contribution is 0.436. The molecular weight excluding hydrogens is 532 g/mol. The van der Waals surface area contributed by atoms with E-state index in [0.29, 0.717) is 16.7 Å². The normalized spacial score (nSPS) is 18.1. The maximum atomic E-state index is 9.81. The third-order valence-electron chi connectivity index (χ3n) is 8.26. The van der Waals surface area contributed by atoms with Gasteiger partial charge in [0.15, 0.2) is 0 Å². The van der Waals surface area contributed by atoms with E-state index >= 15 is 0 Å². The fourth-order valence-electron chi connectivity index (χ4n) is 6.35. The number of rotatable bonds is 3. The molecule has 1 heterocycles. The summed E-state index contributed by atoms with van der Waals surface area (Å²) in [6, 6.07) is 13.7. The molecule has 9 rings (SSSR count). The molecule has 206 valence electrons. The minimum atomic E-state index is -2.54. The fourth-order valence-corrected chi connectivity index (χ4v) is 6.35. The Bertz CT molecular complexity index is 2950. The van der Waals surface area contributed by atoms with Crippen molar-refractivity contribution in [3.63, 3.8) is 0 Å². The van der Waals surface area contributed by atoms with Crippen molar-refractivity contribution in [2.45, 2.75) is 5.41 Å². The lowest BCUT2D eigenvalue weighted by Crippen LogP contribution is -2.32. The van der Waals surface area contributed by atoms with Crippen molar-refractivity contribution in [3.8, 4) is 56.0 Å². The molecular formula is C43H28O. The standard InChI is InChI=1S/C43H28O/c1-2-12-29(13-3-1)30-22-24-31(25-23-30)33-14-4-5-15-34(33)32-26-27-40-42(28-32)44-41-21-11-10-20-39(41)43(40)37-18-8-6-16-35(37)36-17-7-9-19-38(36)43/h1-28H/i6D,7D,8D,9D,10D,11D,16D,17D,18D,19D,20D,21D,26D,27D,28D. The van der Waals surface area contributed by atoms with Gasteiger partial charge in [-0.2, -0.15) is 0 Å². The van der Waals surface area contributed by atoms with E-state index in [9.17, 15) is 8.22 Å². The zero-order valence-electron chi connectivity index (χ0n) is 37.9. The number of para-hydroxylation sites is 1. The van der Waals surface area contributed by atoms with Crippen molar-refractivity contribution in [1.82, 2.24) is 0 Å². The van der Waals surface area contributed by atoms with E-state index in [0.717, 1.165) is 11.1 Å². The maximum Gasteiger partial charge on any atom is 0.132 e. The Morgan fingerprint density at radius 3 is 1.61 bits per heavy atom. The number of hydrogen-bond donors (Lipinski definition) is 0. The third kappa shape index (κ3) is 3.53. The van der Waals surface area contributed by atoms with Gasteiger partial charge in [-0.3, -0.25) is 0 Å². The van der Waals surface area contributed by atoms with Gasteiger partial charge in [0.2, 0.25) is 0 Å². The zero-order valence-corrected chi connectivity index (χ0v) is 22.9. The first-order valence-corrected chi connectivity index (χ1v) is 14.0. The van der Waals surface area contributed by atoms with Crippen molar-refractivity contribution in [3.05, 3.63) is 192 Å². The number of hydrogen-bond acceptors (Lipinski definition) is 1. The summed E-state index contributed by atoms with van der Waals surface area (Å²) >= 11 is 0. The van der Waals surface area contributed by atoms with Gasteiger partial charge in [-0.05, 0) is 67.7 Å². The lowest BCUT2D eigenvalue weighted by atomic mass is 9.66. The average molecular weight is 576 g/mol. The third-order valence-corrected chi connectivity index (χ3v) is 8.26. The van der Waals surface area contributed by atoms with E-state index in [4.69, 9.17) is 17.1 Å². The van der Waals surface area contributed by atoms with Crippen LogP contribution in [0.2, 0.25) is 0 Å². The molecule has 0 bridgehead atoms. The van der Waals surface area contributed by atoms with Crippen LogP contribution in [0.15, 0.2) is 169 Å². The monoisotopic (exact) mass is 575 g/mol. The predicted molar refractivity (Wildman–Crippen MR) is 180 cm³/mol. The van der Waals surface area contributed by atoms with E-state index in [1.165, 1.54) is 0 Å². The molecule has 0 atom stereocenters. The number of ether oxygens (including phenoxy) is 1. The quantitative estimate of drug-likeness (QED) is 0.204. The van der Waals surface area contributed by atoms with Gasteiger partial charge >= 0.3 is 0 Å². The van der Waals surface area contributed by atoms with Gasteiger partial charge in [0.1, 0.15) is 11.5 Å². The molecule has 2 aliphatic rings. The molecule has 44 heavy (non-hydrogen) atoms. The van der Waals surface area contributed by atoms with Crippen LogP contribution in [-0.4, -0.2) is 0 Å². The molecule has 0 unspecified atom stereocenters. The lowest BCUT2D eigenvalue weighted by Gasteiger charge is -2.39. The Morgan fingerprint density at radius 1 is 0.386 bits per heavy atom. The highest BCUT2D eigenvalue weighted by molar-refractivity contribution is 5.90. The van der Waals surface area contributed by atoms with Crippen molar-refractivity contribution in [1.29, 1.82) is 0 Å². The molecule has 1 aliphatic heterocycles. The Kier molecular flexibility index (Phi) is 3.13. The molecule has 0 N–H and O–H groups in total. The largest absolute Gasteiger partial charge is 0.457 e. The van der Waals surface area contributed by atoms with Crippen molar-refractivity contribution < 1.29 is 25.3 Å². The second kappa shape index (κ2) is 9.69. The highest BCUT2D eigenvalue weighted by Crippen LogP contribution is 2.62. The number of fused-ring (bicyclic) bond motifs is 9. The Balaban J connectivity index is 1.44. The molecule has 1 heteroatoms. The molecule has 0 aromatic heterocycles. The summed E-state index contributed by atoms with van der Waals surface area (Å²) in [4.78, 5) is 0. The van der Waals surface area contributed by atoms with Crippen LogP contribution in [0.4, 0.5) is 0 Å². The SMILES string of the molecule is [2H]c1c([2H])c([2H])c2c(c1[2H])Oc1c([2H])c(-c3ccccc3-c3ccc(-c4ccccc4)cc3)c([2H])c([2H])c1C21c2c([2H])c([2H])c([2H])c([2H])c2-c2c([2H])c([2H])c([2H])c([2H])c21. The average Bonchev–Trinajstić information content (AvgIpc) is 3.55. The van der Waals surface area contributed by atoms with Crippen LogP contribution in [0.3, 0.4) is 0 Å². The van der Waals surface area contributed by atoms with Gasteiger partial charge < -0.3 is 4.74 Å². The van der Waals surface area contributed by atoms with Gasteiger partial charge in [0.05, 0.1) is 26.0 Å². The highest BCUT2D eigenvalue weighted by Gasteiger charge is 2.50. The second-order valence-electron chi connectivity index (χ2n) is 10.5. The van der Waals surface area contributed by atoms with Crippen molar-refractivity contribution in [2.24, 2.45) is 0 Å². The molecule has 1 aliphatic carbocycles. The fraction of sp³-hybridized carbons (Fsp3) is 0.0233. The van der Waals surface area contributed by atoms with E-state index in [1.807, 2.05) is 54.6 Å². The summed E-state index contributed by atoms with van der Waals surface area (Å²) in [5.41, 5.74) is -1.51. The van der Waals surface area contributed by atoms with E-state index in [-0.39, 0.29) is 16.7 Å². The van der Waals surface area contributed by atoms with Gasteiger partial charge in [-0.1, -0.05) is 157 Å². The molecule has 0 radical (unpaired) electrons. The summed E-state index contributed by atoms with van der Waals surface area (Å²) < 4.78 is 143. The van der Waals surface area contributed by atoms with Crippen LogP contribution in [0, 0.1) is 0 Å². The van der Waals surface area contributed by atoms with E-state index < -0.39 is 130 Å². The topological polar surface area (TPSA) is 9.23 Å². The summed E-state index contributed by atoms with van der Waals surface area (Å²) in [7, 11) is 0. The summed E-state index contributed by atoms with van der Waals surface area (Å²) in [6.07, 6.45) is 0. The van der Waals surface area contributed by atoms with E-state index in [2.05, 4.69) is 0 Å². The van der Waals surface area contributed by atoms with Crippen LogP contribution in [0.5, 0.6) is 11.5 Å². The second-order valence-corrected chi connectivity index (χ2v) is 10.5. The molecule has 7 aromatic rings. The molecule has 1 nitrogen and oxygen atoms in total.